The van der Waals surface area contributed by atoms with Crippen molar-refractivity contribution >= 4 is 32.9 Å². The highest BCUT2D eigenvalue weighted by Gasteiger charge is 2.15. The number of nitrogens with zero attached hydrogens (tertiary/aromatic N) is 3. The van der Waals surface area contributed by atoms with Gasteiger partial charge in [0.2, 0.25) is 0 Å². The van der Waals surface area contributed by atoms with E-state index in [1.54, 1.807) is 29.3 Å². The fourth-order valence-corrected chi connectivity index (χ4v) is 5.72. The topological polar surface area (TPSA) is 56.6 Å². The molecule has 160 valence electrons. The zero-order valence-corrected chi connectivity index (χ0v) is 18.9. The van der Waals surface area contributed by atoms with Crippen molar-refractivity contribution in [1.29, 1.82) is 0 Å². The van der Waals surface area contributed by atoms with E-state index >= 15 is 0 Å². The predicted molar refractivity (Wildman–Crippen MR) is 126 cm³/mol. The van der Waals surface area contributed by atoms with E-state index in [1.165, 1.54) is 24.2 Å². The molecule has 1 aliphatic heterocycles. The molecule has 5 rings (SSSR count). The number of thiophene rings is 2. The molecule has 0 amide bonds. The molecule has 8 heteroatoms. The van der Waals surface area contributed by atoms with Gasteiger partial charge in [-0.25, -0.2) is 4.98 Å². The van der Waals surface area contributed by atoms with E-state index in [4.69, 9.17) is 9.47 Å². The molecular formula is C23H23N3O3S2. The minimum atomic E-state index is -0.0810. The minimum Gasteiger partial charge on any atom is -0.493 e. The summed E-state index contributed by atoms with van der Waals surface area (Å²) in [7, 11) is 1.61. The minimum absolute atomic E-state index is 0.0810. The average molecular weight is 454 g/mol. The molecule has 0 bridgehead atoms. The van der Waals surface area contributed by atoms with Crippen LogP contribution in [0, 0.1) is 0 Å². The van der Waals surface area contributed by atoms with Gasteiger partial charge in [-0.05, 0) is 55.6 Å². The van der Waals surface area contributed by atoms with Crippen LogP contribution in [0.1, 0.15) is 12.8 Å². The molecule has 0 N–H and O–H groups in total. The molecule has 0 spiro atoms. The van der Waals surface area contributed by atoms with Crippen LogP contribution in [0.15, 0.2) is 52.9 Å². The molecule has 0 unspecified atom stereocenters. The van der Waals surface area contributed by atoms with Crippen LogP contribution in [0.2, 0.25) is 0 Å². The Hall–Kier alpha value is -2.68. The lowest BCUT2D eigenvalue weighted by Gasteiger charge is -2.17. The van der Waals surface area contributed by atoms with Gasteiger partial charge in [0.1, 0.15) is 17.6 Å². The van der Waals surface area contributed by atoms with Crippen molar-refractivity contribution in [1.82, 2.24) is 14.5 Å². The Labute approximate surface area is 188 Å². The molecule has 0 radical (unpaired) electrons. The van der Waals surface area contributed by atoms with Gasteiger partial charge in [-0.2, -0.15) is 0 Å². The summed E-state index contributed by atoms with van der Waals surface area (Å²) < 4.78 is 13.7. The van der Waals surface area contributed by atoms with Gasteiger partial charge in [0.15, 0.2) is 11.5 Å². The highest BCUT2D eigenvalue weighted by Crippen LogP contribution is 2.34. The lowest BCUT2D eigenvalue weighted by molar-refractivity contribution is 0.230. The molecule has 0 aliphatic carbocycles. The van der Waals surface area contributed by atoms with E-state index < -0.39 is 0 Å². The number of aromatic nitrogens is 2. The van der Waals surface area contributed by atoms with E-state index in [2.05, 4.69) is 16.0 Å². The largest absolute Gasteiger partial charge is 0.493 e. The molecular weight excluding hydrogens is 430 g/mol. The fraction of sp³-hybridized carbons (Fsp3) is 0.304. The first-order valence-corrected chi connectivity index (χ1v) is 12.0. The number of ether oxygens (including phenoxy) is 2. The van der Waals surface area contributed by atoms with Crippen LogP contribution in [0.25, 0.3) is 25.7 Å². The second-order valence-electron chi connectivity index (χ2n) is 7.45. The van der Waals surface area contributed by atoms with E-state index in [9.17, 15) is 4.79 Å². The van der Waals surface area contributed by atoms with Crippen molar-refractivity contribution < 1.29 is 9.47 Å². The Morgan fingerprint density at radius 1 is 1.10 bits per heavy atom. The first-order valence-electron chi connectivity index (χ1n) is 10.3. The molecule has 0 atom stereocenters. The SMILES string of the molecule is COc1cc(-n2cnc3cc(-c4cccs4)sc3c2=O)ccc1OCCN1CCCC1. The Balaban J connectivity index is 1.41. The molecule has 4 aromatic rings. The first-order chi connectivity index (χ1) is 15.2. The normalized spacial score (nSPS) is 14.4. The van der Waals surface area contributed by atoms with Crippen molar-refractivity contribution in [2.75, 3.05) is 33.4 Å². The summed E-state index contributed by atoms with van der Waals surface area (Å²) in [5.74, 6) is 1.29. The molecule has 31 heavy (non-hydrogen) atoms. The summed E-state index contributed by atoms with van der Waals surface area (Å²) in [5, 5.41) is 2.03. The monoisotopic (exact) mass is 453 g/mol. The van der Waals surface area contributed by atoms with Crippen LogP contribution in [-0.2, 0) is 0 Å². The predicted octanol–water partition coefficient (Wildman–Crippen LogP) is 4.66. The zero-order valence-electron chi connectivity index (χ0n) is 17.2. The Morgan fingerprint density at radius 2 is 1.97 bits per heavy atom. The van der Waals surface area contributed by atoms with Crippen LogP contribution in [-0.4, -0.2) is 47.8 Å². The van der Waals surface area contributed by atoms with E-state index in [0.717, 1.165) is 34.9 Å². The van der Waals surface area contributed by atoms with Crippen molar-refractivity contribution in [3.05, 3.63) is 58.5 Å². The van der Waals surface area contributed by atoms with Gasteiger partial charge in [-0.15, -0.1) is 22.7 Å². The molecule has 1 saturated heterocycles. The lowest BCUT2D eigenvalue weighted by Crippen LogP contribution is -2.25. The first kappa shape index (κ1) is 20.2. The van der Waals surface area contributed by atoms with Gasteiger partial charge in [-0.1, -0.05) is 6.07 Å². The maximum atomic E-state index is 13.2. The molecule has 1 aromatic carbocycles. The van der Waals surface area contributed by atoms with Crippen molar-refractivity contribution in [3.8, 4) is 26.9 Å². The van der Waals surface area contributed by atoms with Gasteiger partial charge in [-0.3, -0.25) is 14.3 Å². The smallest absolute Gasteiger partial charge is 0.275 e. The number of likely N-dealkylation sites (tertiary alicyclic amines) is 1. The van der Waals surface area contributed by atoms with Crippen molar-refractivity contribution in [2.24, 2.45) is 0 Å². The van der Waals surface area contributed by atoms with Crippen LogP contribution in [0.3, 0.4) is 0 Å². The molecule has 1 fully saturated rings. The van der Waals surface area contributed by atoms with Crippen LogP contribution in [0.5, 0.6) is 11.5 Å². The molecule has 1 aliphatic rings. The maximum Gasteiger partial charge on any atom is 0.275 e. The Bertz CT molecular complexity index is 1240. The van der Waals surface area contributed by atoms with Crippen molar-refractivity contribution in [2.45, 2.75) is 12.8 Å². The third kappa shape index (κ3) is 4.11. The summed E-state index contributed by atoms with van der Waals surface area (Å²) >= 11 is 3.14. The number of fused-ring (bicyclic) bond motifs is 1. The van der Waals surface area contributed by atoms with Crippen molar-refractivity contribution in [3.63, 3.8) is 0 Å². The van der Waals surface area contributed by atoms with Gasteiger partial charge < -0.3 is 9.47 Å². The van der Waals surface area contributed by atoms with Gasteiger partial charge >= 0.3 is 0 Å². The summed E-state index contributed by atoms with van der Waals surface area (Å²) in [4.78, 5) is 22.3. The van der Waals surface area contributed by atoms with Gasteiger partial charge in [0, 0.05) is 22.4 Å². The number of methoxy groups -OCH3 is 1. The highest BCUT2D eigenvalue weighted by molar-refractivity contribution is 7.25. The zero-order chi connectivity index (χ0) is 21.2. The molecule has 0 saturated carbocycles. The average Bonchev–Trinajstić information content (AvgIpc) is 3.55. The Morgan fingerprint density at radius 3 is 2.74 bits per heavy atom. The van der Waals surface area contributed by atoms with Gasteiger partial charge in [0.25, 0.3) is 5.56 Å². The standard InChI is InChI=1S/C23H23N3O3S2/c1-28-19-13-16(6-7-18(19)29-11-10-25-8-2-3-9-25)26-15-24-17-14-21(20-5-4-12-30-20)31-22(17)23(26)27/h4-7,12-15H,2-3,8-11H2,1H3. The van der Waals surface area contributed by atoms with E-state index in [0.29, 0.717) is 28.5 Å². The van der Waals surface area contributed by atoms with Gasteiger partial charge in [0.05, 0.1) is 18.3 Å². The molecule has 6 nitrogen and oxygen atoms in total. The summed E-state index contributed by atoms with van der Waals surface area (Å²) in [6.45, 7) is 3.82. The highest BCUT2D eigenvalue weighted by atomic mass is 32.1. The maximum absolute atomic E-state index is 13.2. The number of rotatable bonds is 7. The Kier molecular flexibility index (Phi) is 5.76. The number of benzene rings is 1. The number of hydrogen-bond donors (Lipinski definition) is 0. The van der Waals surface area contributed by atoms with Crippen LogP contribution >= 0.6 is 22.7 Å². The lowest BCUT2D eigenvalue weighted by atomic mass is 10.2. The van der Waals surface area contributed by atoms with Crippen LogP contribution < -0.4 is 15.0 Å². The van der Waals surface area contributed by atoms with Crippen LogP contribution in [0.4, 0.5) is 0 Å². The van der Waals surface area contributed by atoms with E-state index in [-0.39, 0.29) is 5.56 Å². The molecule has 3 aromatic heterocycles. The molecule has 4 heterocycles. The third-order valence-corrected chi connectivity index (χ3v) is 7.67. The summed E-state index contributed by atoms with van der Waals surface area (Å²) in [6.07, 6.45) is 4.12. The third-order valence-electron chi connectivity index (χ3n) is 5.49. The second-order valence-corrected chi connectivity index (χ2v) is 9.45. The van der Waals surface area contributed by atoms with E-state index in [1.807, 2.05) is 35.7 Å². The summed E-state index contributed by atoms with van der Waals surface area (Å²) in [5.41, 5.74) is 1.35. The second kappa shape index (κ2) is 8.82. The quantitative estimate of drug-likeness (QED) is 0.407. The fourth-order valence-electron chi connectivity index (χ4n) is 3.85. The summed E-state index contributed by atoms with van der Waals surface area (Å²) in [6, 6.07) is 11.6. The number of hydrogen-bond acceptors (Lipinski definition) is 7.